The van der Waals surface area contributed by atoms with E-state index >= 15 is 0 Å². The first-order valence-corrected chi connectivity index (χ1v) is 5.41. The average Bonchev–Trinajstić information content (AvgIpc) is 2.41. The van der Waals surface area contributed by atoms with Crippen LogP contribution >= 0.6 is 0 Å². The zero-order chi connectivity index (χ0) is 13.7. The number of carbonyl (C=O) groups is 2. The van der Waals surface area contributed by atoms with Crippen molar-refractivity contribution in [2.24, 2.45) is 0 Å². The predicted molar refractivity (Wildman–Crippen MR) is 65.5 cm³/mol. The second-order valence-corrected chi connectivity index (χ2v) is 2.64. The van der Waals surface area contributed by atoms with E-state index in [1.54, 1.807) is 0 Å². The molecule has 0 radical (unpaired) electrons. The molecule has 0 aromatic heterocycles. The lowest BCUT2D eigenvalue weighted by Crippen LogP contribution is -1.98. The normalized spacial score (nSPS) is 8.06. The molecule has 17 heavy (non-hydrogen) atoms. The Morgan fingerprint density at radius 1 is 1.24 bits per heavy atom. The Bertz CT molecular complexity index is 307. The summed E-state index contributed by atoms with van der Waals surface area (Å²) in [4.78, 5) is 21.2. The Labute approximate surface area is 101 Å². The maximum absolute atomic E-state index is 12.4. The van der Waals surface area contributed by atoms with Gasteiger partial charge in [-0.1, -0.05) is 13.8 Å². The third-order valence-electron chi connectivity index (χ3n) is 1.66. The fourth-order valence-corrected chi connectivity index (χ4v) is 0.970. The van der Waals surface area contributed by atoms with Gasteiger partial charge >= 0.3 is 0 Å². The molecule has 0 fully saturated rings. The highest BCUT2D eigenvalue weighted by atomic mass is 19.1. The minimum Gasteiger partial charge on any atom is -0.400 e. The van der Waals surface area contributed by atoms with E-state index in [0.29, 0.717) is 11.8 Å². The first kappa shape index (κ1) is 17.8. The first-order chi connectivity index (χ1) is 8.24. The molecule has 0 spiro atoms. The van der Waals surface area contributed by atoms with Crippen molar-refractivity contribution in [1.29, 1.82) is 0 Å². The molecule has 0 saturated heterocycles. The van der Waals surface area contributed by atoms with Gasteiger partial charge in [0.1, 0.15) is 12.1 Å². The molecule has 4 heteroatoms. The van der Waals surface area contributed by atoms with Gasteiger partial charge in [-0.05, 0) is 24.3 Å². The lowest BCUT2D eigenvalue weighted by Gasteiger charge is -1.97. The second kappa shape index (κ2) is 12.5. The third kappa shape index (κ3) is 8.28. The molecule has 0 saturated carbocycles. The molecule has 0 atom stereocenters. The van der Waals surface area contributed by atoms with Gasteiger partial charge in [0.15, 0.2) is 5.78 Å². The molecular weight excluding hydrogens is 223 g/mol. The number of hydrogen-bond donors (Lipinski definition) is 1. The minimum absolute atomic E-state index is 0.132. The SMILES string of the molecule is CC.CO.O=CCCC(=O)c1ccc(F)cc1. The number of aldehydes is 1. The monoisotopic (exact) mass is 242 g/mol. The molecule has 0 unspecified atom stereocenters. The van der Waals surface area contributed by atoms with Gasteiger partial charge in [-0.15, -0.1) is 0 Å². The average molecular weight is 242 g/mol. The van der Waals surface area contributed by atoms with Gasteiger partial charge in [-0.25, -0.2) is 4.39 Å². The van der Waals surface area contributed by atoms with Crippen molar-refractivity contribution in [3.8, 4) is 0 Å². The second-order valence-electron chi connectivity index (χ2n) is 2.64. The van der Waals surface area contributed by atoms with Crippen molar-refractivity contribution in [1.82, 2.24) is 0 Å². The van der Waals surface area contributed by atoms with Gasteiger partial charge in [0, 0.05) is 25.5 Å². The smallest absolute Gasteiger partial charge is 0.163 e. The number of aliphatic hydroxyl groups is 1. The third-order valence-corrected chi connectivity index (χ3v) is 1.66. The van der Waals surface area contributed by atoms with E-state index in [1.165, 1.54) is 24.3 Å². The minimum atomic E-state index is -0.369. The summed E-state index contributed by atoms with van der Waals surface area (Å²) in [5.41, 5.74) is 0.447. The standard InChI is InChI=1S/C10H9FO2.C2H6.CH4O/c11-9-5-3-8(4-6-9)10(13)2-1-7-12;2*1-2/h3-7H,1-2H2;1-2H3;2H,1H3. The Morgan fingerprint density at radius 3 is 2.12 bits per heavy atom. The zero-order valence-electron chi connectivity index (χ0n) is 10.4. The molecule has 96 valence electrons. The summed E-state index contributed by atoms with van der Waals surface area (Å²) >= 11 is 0. The Morgan fingerprint density at radius 2 is 1.71 bits per heavy atom. The van der Waals surface area contributed by atoms with Gasteiger partial charge in [0.2, 0.25) is 0 Å². The Kier molecular flexibility index (Phi) is 13.1. The number of aliphatic hydroxyl groups excluding tert-OH is 1. The van der Waals surface area contributed by atoms with Crippen molar-refractivity contribution in [2.45, 2.75) is 26.7 Å². The molecule has 0 aliphatic heterocycles. The summed E-state index contributed by atoms with van der Waals surface area (Å²) in [6.45, 7) is 4.00. The number of carbonyl (C=O) groups excluding carboxylic acids is 2. The number of hydrogen-bond acceptors (Lipinski definition) is 3. The first-order valence-electron chi connectivity index (χ1n) is 5.41. The number of rotatable bonds is 4. The largest absolute Gasteiger partial charge is 0.400 e. The summed E-state index contributed by atoms with van der Waals surface area (Å²) < 4.78 is 12.4. The van der Waals surface area contributed by atoms with Gasteiger partial charge in [0.05, 0.1) is 0 Å². The molecule has 1 aromatic carbocycles. The van der Waals surface area contributed by atoms with Gasteiger partial charge in [-0.2, -0.15) is 0 Å². The van der Waals surface area contributed by atoms with Crippen molar-refractivity contribution in [3.63, 3.8) is 0 Å². The number of Topliss-reactive ketones (excluding diaryl/α,β-unsaturated/α-hetero) is 1. The van der Waals surface area contributed by atoms with E-state index in [9.17, 15) is 14.0 Å². The molecule has 1 aromatic rings. The van der Waals surface area contributed by atoms with Crippen LogP contribution in [0.1, 0.15) is 37.0 Å². The molecule has 1 N–H and O–H groups in total. The van der Waals surface area contributed by atoms with Gasteiger partial charge in [-0.3, -0.25) is 4.79 Å². The van der Waals surface area contributed by atoms with E-state index in [0.717, 1.165) is 7.11 Å². The van der Waals surface area contributed by atoms with E-state index < -0.39 is 0 Å². The van der Waals surface area contributed by atoms with Gasteiger partial charge in [0.25, 0.3) is 0 Å². The maximum Gasteiger partial charge on any atom is 0.163 e. The van der Waals surface area contributed by atoms with E-state index in [1.807, 2.05) is 13.8 Å². The molecule has 0 aliphatic rings. The van der Waals surface area contributed by atoms with Crippen molar-refractivity contribution < 1.29 is 19.1 Å². The molecule has 0 amide bonds. The van der Waals surface area contributed by atoms with Crippen molar-refractivity contribution in [3.05, 3.63) is 35.6 Å². The van der Waals surface area contributed by atoms with Crippen molar-refractivity contribution in [2.75, 3.05) is 7.11 Å². The highest BCUT2D eigenvalue weighted by molar-refractivity contribution is 5.96. The summed E-state index contributed by atoms with van der Waals surface area (Å²) in [6.07, 6.45) is 1.10. The molecular formula is C13H19FO3. The maximum atomic E-state index is 12.4. The van der Waals surface area contributed by atoms with E-state index in [4.69, 9.17) is 5.11 Å². The van der Waals surface area contributed by atoms with E-state index in [2.05, 4.69) is 0 Å². The van der Waals surface area contributed by atoms with Crippen LogP contribution in [0.4, 0.5) is 4.39 Å². The topological polar surface area (TPSA) is 54.4 Å². The van der Waals surface area contributed by atoms with E-state index in [-0.39, 0.29) is 24.4 Å². The molecule has 1 rings (SSSR count). The van der Waals surface area contributed by atoms with Crippen LogP contribution < -0.4 is 0 Å². The summed E-state index contributed by atoms with van der Waals surface area (Å²) in [6, 6.07) is 5.30. The summed E-state index contributed by atoms with van der Waals surface area (Å²) in [7, 11) is 1.00. The van der Waals surface area contributed by atoms with Crippen molar-refractivity contribution >= 4 is 12.1 Å². The predicted octanol–water partition coefficient (Wildman–Crippen LogP) is 2.62. The number of benzene rings is 1. The Hall–Kier alpha value is -1.55. The van der Waals surface area contributed by atoms with Crippen LogP contribution in [0.25, 0.3) is 0 Å². The number of ketones is 1. The Balaban J connectivity index is 0. The van der Waals surface area contributed by atoms with Crippen LogP contribution in [0.2, 0.25) is 0 Å². The lowest BCUT2D eigenvalue weighted by molar-refractivity contribution is -0.107. The van der Waals surface area contributed by atoms with Crippen LogP contribution in [-0.4, -0.2) is 24.3 Å². The highest BCUT2D eigenvalue weighted by Crippen LogP contribution is 2.06. The molecule has 0 bridgehead atoms. The molecule has 0 aliphatic carbocycles. The van der Waals surface area contributed by atoms with Crippen LogP contribution in [0, 0.1) is 5.82 Å². The molecule has 0 heterocycles. The van der Waals surface area contributed by atoms with Crippen LogP contribution in [0.5, 0.6) is 0 Å². The molecule has 3 nitrogen and oxygen atoms in total. The van der Waals surface area contributed by atoms with Crippen LogP contribution in [0.3, 0.4) is 0 Å². The number of halogens is 1. The van der Waals surface area contributed by atoms with Crippen LogP contribution in [0.15, 0.2) is 24.3 Å². The fourth-order valence-electron chi connectivity index (χ4n) is 0.970. The van der Waals surface area contributed by atoms with Crippen LogP contribution in [-0.2, 0) is 4.79 Å². The highest BCUT2D eigenvalue weighted by Gasteiger charge is 2.04. The quantitative estimate of drug-likeness (QED) is 0.652. The zero-order valence-corrected chi connectivity index (χ0v) is 10.4. The van der Waals surface area contributed by atoms with Gasteiger partial charge < -0.3 is 9.90 Å². The summed E-state index contributed by atoms with van der Waals surface area (Å²) in [5.74, 6) is -0.501. The lowest BCUT2D eigenvalue weighted by atomic mass is 10.1. The fraction of sp³-hybridized carbons (Fsp3) is 0.385. The summed E-state index contributed by atoms with van der Waals surface area (Å²) in [5, 5.41) is 7.00.